The van der Waals surface area contributed by atoms with Gasteiger partial charge in [-0.1, -0.05) is 6.92 Å². The van der Waals surface area contributed by atoms with E-state index in [2.05, 4.69) is 0 Å². The molecule has 22 heavy (non-hydrogen) atoms. The average molecular weight is 376 g/mol. The first-order valence-corrected chi connectivity index (χ1v) is 11.6. The van der Waals surface area contributed by atoms with Gasteiger partial charge in [0, 0.05) is 7.11 Å². The van der Waals surface area contributed by atoms with E-state index in [4.69, 9.17) is 35.4 Å². The predicted octanol–water partition coefficient (Wildman–Crippen LogP) is 2.25. The lowest BCUT2D eigenvalue weighted by Crippen LogP contribution is -2.32. The van der Waals surface area contributed by atoms with Gasteiger partial charge in [-0.25, -0.2) is 0 Å². The van der Waals surface area contributed by atoms with Gasteiger partial charge in [-0.3, -0.25) is 4.57 Å². The molecular formula is C12H26O7P2S. The third kappa shape index (κ3) is 6.63. The van der Waals surface area contributed by atoms with Crippen LogP contribution >= 0.6 is 14.3 Å². The summed E-state index contributed by atoms with van der Waals surface area (Å²) in [6.45, 7) is 2.06. The number of hydrogen-bond acceptors (Lipinski definition) is 5. The fraction of sp³-hybridized carbons (Fsp3) is 1.00. The Labute approximate surface area is 136 Å². The molecule has 0 aromatic heterocycles. The molecule has 7 nitrogen and oxygen atoms in total. The van der Waals surface area contributed by atoms with Gasteiger partial charge >= 0.3 is 14.3 Å². The highest BCUT2D eigenvalue weighted by Crippen LogP contribution is 2.52. The molecule has 0 aliphatic heterocycles. The normalized spacial score (nSPS) is 32.4. The molecule has 1 aliphatic carbocycles. The van der Waals surface area contributed by atoms with Gasteiger partial charge in [-0.05, 0) is 50.3 Å². The Morgan fingerprint density at radius 2 is 1.86 bits per heavy atom. The smallest absolute Gasteiger partial charge is 0.325 e. The topological polar surface area (TPSA) is 105 Å². The summed E-state index contributed by atoms with van der Waals surface area (Å²) in [5.41, 5.74) is 0. The molecular weight excluding hydrogens is 350 g/mol. The molecule has 0 amide bonds. The number of rotatable bonds is 8. The van der Waals surface area contributed by atoms with Gasteiger partial charge in [0.1, 0.15) is 0 Å². The zero-order valence-corrected chi connectivity index (χ0v) is 15.9. The molecule has 1 aliphatic rings. The van der Waals surface area contributed by atoms with Crippen LogP contribution in [0, 0.1) is 11.8 Å². The monoisotopic (exact) mass is 376 g/mol. The van der Waals surface area contributed by atoms with Crippen LogP contribution in [0.15, 0.2) is 0 Å². The highest BCUT2D eigenvalue weighted by atomic mass is 32.5. The summed E-state index contributed by atoms with van der Waals surface area (Å²) < 4.78 is 27.4. The Kier molecular flexibility index (Phi) is 7.66. The highest BCUT2D eigenvalue weighted by Gasteiger charge is 2.45. The lowest BCUT2D eigenvalue weighted by atomic mass is 10.0. The Bertz CT molecular complexity index is 453. The third-order valence-corrected chi connectivity index (χ3v) is 6.24. The standard InChI is InChI=1S/C12H26O7P2S/c1-8(2)18-21(16,22)19-12-10(5-6-20(13,14)15)7-9(3)11(12)17-4/h8-12H,5-7H2,1-4H3,(H,16,22)(H2,13,14,15)/t9-,10+,11+,12-,21?/m1/s1. The summed E-state index contributed by atoms with van der Waals surface area (Å²) in [6, 6.07) is 0. The minimum absolute atomic E-state index is 0.141. The summed E-state index contributed by atoms with van der Waals surface area (Å²) in [5, 5.41) is 0. The van der Waals surface area contributed by atoms with Gasteiger partial charge in [0.25, 0.3) is 0 Å². The number of methoxy groups -OCH3 is 1. The van der Waals surface area contributed by atoms with Crippen molar-refractivity contribution in [2.45, 2.75) is 51.9 Å². The lowest BCUT2D eigenvalue weighted by Gasteiger charge is -2.29. The van der Waals surface area contributed by atoms with Crippen molar-refractivity contribution in [2.24, 2.45) is 11.8 Å². The summed E-state index contributed by atoms with van der Waals surface area (Å²) in [4.78, 5) is 28.3. The molecule has 5 atom stereocenters. The largest absolute Gasteiger partial charge is 0.378 e. The van der Waals surface area contributed by atoms with Crippen molar-refractivity contribution in [1.82, 2.24) is 0 Å². The van der Waals surface area contributed by atoms with E-state index >= 15 is 0 Å². The van der Waals surface area contributed by atoms with Gasteiger partial charge in [0.05, 0.1) is 24.5 Å². The number of ether oxygens (including phenoxy) is 1. The maximum atomic E-state index is 11.1. The highest BCUT2D eigenvalue weighted by molar-refractivity contribution is 8.07. The average Bonchev–Trinajstić information content (AvgIpc) is 2.59. The molecule has 3 N–H and O–H groups in total. The lowest BCUT2D eigenvalue weighted by molar-refractivity contribution is -0.0202. The summed E-state index contributed by atoms with van der Waals surface area (Å²) >= 11 is 5.02. The van der Waals surface area contributed by atoms with E-state index in [0.29, 0.717) is 6.42 Å². The zero-order valence-electron chi connectivity index (χ0n) is 13.3. The van der Waals surface area contributed by atoms with Crippen LogP contribution in [-0.4, -0.2) is 46.3 Å². The molecule has 0 spiro atoms. The van der Waals surface area contributed by atoms with Gasteiger partial charge < -0.3 is 28.5 Å². The van der Waals surface area contributed by atoms with E-state index in [9.17, 15) is 9.46 Å². The molecule has 1 unspecified atom stereocenters. The van der Waals surface area contributed by atoms with Crippen LogP contribution < -0.4 is 0 Å². The zero-order chi connectivity index (χ0) is 17.1. The Hall–Kier alpha value is 0.640. The van der Waals surface area contributed by atoms with E-state index in [-0.39, 0.29) is 36.6 Å². The SMILES string of the molecule is CO[C@@H]1[C@H](OP(O)(=S)OC(C)C)[C@@H](CCP(=O)(O)O)C[C@H]1C. The van der Waals surface area contributed by atoms with Crippen molar-refractivity contribution in [1.29, 1.82) is 0 Å². The Morgan fingerprint density at radius 3 is 2.32 bits per heavy atom. The van der Waals surface area contributed by atoms with Crippen LogP contribution in [0.25, 0.3) is 0 Å². The molecule has 0 aromatic carbocycles. The van der Waals surface area contributed by atoms with Gasteiger partial charge in [-0.2, -0.15) is 0 Å². The molecule has 1 saturated carbocycles. The molecule has 10 heteroatoms. The molecule has 0 saturated heterocycles. The van der Waals surface area contributed by atoms with Crippen molar-refractivity contribution < 1.29 is 33.0 Å². The molecule has 0 bridgehead atoms. The van der Waals surface area contributed by atoms with Crippen LogP contribution in [0.4, 0.5) is 0 Å². The second-order valence-corrected chi connectivity index (χ2v) is 10.6. The Balaban J connectivity index is 2.83. The number of hydrogen-bond donors (Lipinski definition) is 3. The van der Waals surface area contributed by atoms with Crippen molar-refractivity contribution >= 4 is 26.1 Å². The van der Waals surface area contributed by atoms with Crippen molar-refractivity contribution in [3.05, 3.63) is 0 Å². The first-order valence-electron chi connectivity index (χ1n) is 7.22. The van der Waals surface area contributed by atoms with Crippen LogP contribution in [0.2, 0.25) is 0 Å². The van der Waals surface area contributed by atoms with E-state index in [0.717, 1.165) is 0 Å². The Morgan fingerprint density at radius 1 is 1.27 bits per heavy atom. The van der Waals surface area contributed by atoms with E-state index in [1.165, 1.54) is 0 Å². The van der Waals surface area contributed by atoms with Gasteiger partial charge in [-0.15, -0.1) is 0 Å². The van der Waals surface area contributed by atoms with Crippen LogP contribution in [0.5, 0.6) is 0 Å². The van der Waals surface area contributed by atoms with E-state index in [1.54, 1.807) is 21.0 Å². The molecule has 0 heterocycles. The van der Waals surface area contributed by atoms with Crippen molar-refractivity contribution in [2.75, 3.05) is 13.3 Å². The van der Waals surface area contributed by atoms with Gasteiger partial charge in [0.2, 0.25) is 0 Å². The minimum atomic E-state index is -4.07. The predicted molar refractivity (Wildman–Crippen MR) is 87.2 cm³/mol. The summed E-state index contributed by atoms with van der Waals surface area (Å²) in [7, 11) is -2.52. The quantitative estimate of drug-likeness (QED) is 0.554. The third-order valence-electron chi connectivity index (χ3n) is 3.69. The van der Waals surface area contributed by atoms with Gasteiger partial charge in [0.15, 0.2) is 0 Å². The summed E-state index contributed by atoms with van der Waals surface area (Å²) in [5.74, 6) is 0.00336. The molecule has 1 fully saturated rings. The molecule has 1 rings (SSSR count). The van der Waals surface area contributed by atoms with Crippen molar-refractivity contribution in [3.8, 4) is 0 Å². The first-order chi connectivity index (χ1) is 9.95. The minimum Gasteiger partial charge on any atom is -0.378 e. The fourth-order valence-electron chi connectivity index (χ4n) is 2.91. The molecule has 0 aromatic rings. The van der Waals surface area contributed by atoms with Crippen LogP contribution in [-0.2, 0) is 30.2 Å². The summed E-state index contributed by atoms with van der Waals surface area (Å²) in [6.07, 6.45) is -0.326. The maximum Gasteiger partial charge on any atom is 0.325 e. The molecule has 0 radical (unpaired) electrons. The molecule has 132 valence electrons. The maximum absolute atomic E-state index is 11.1. The van der Waals surface area contributed by atoms with E-state index < -0.39 is 20.4 Å². The van der Waals surface area contributed by atoms with Crippen LogP contribution in [0.1, 0.15) is 33.6 Å². The van der Waals surface area contributed by atoms with E-state index in [1.807, 2.05) is 6.92 Å². The first kappa shape index (κ1) is 20.7. The second kappa shape index (κ2) is 8.15. The fourth-order valence-corrected chi connectivity index (χ4v) is 5.58. The van der Waals surface area contributed by atoms with Crippen molar-refractivity contribution in [3.63, 3.8) is 0 Å². The second-order valence-electron chi connectivity index (χ2n) is 6.04. The van der Waals surface area contributed by atoms with Crippen LogP contribution in [0.3, 0.4) is 0 Å².